The Kier molecular flexibility index (Phi) is 6.07. The van der Waals surface area contributed by atoms with E-state index in [1.54, 1.807) is 0 Å². The van der Waals surface area contributed by atoms with Crippen LogP contribution in [-0.4, -0.2) is 16.4 Å². The molecule has 1 unspecified atom stereocenters. The van der Waals surface area contributed by atoms with E-state index in [9.17, 15) is 31.9 Å². The number of hydrogen-bond donors (Lipinski definition) is 2. The predicted molar refractivity (Wildman–Crippen MR) is 111 cm³/mol. The number of benzene rings is 2. The highest BCUT2D eigenvalue weighted by molar-refractivity contribution is 6.04. The Balaban J connectivity index is 1.97. The van der Waals surface area contributed by atoms with Crippen molar-refractivity contribution in [1.29, 1.82) is 0 Å². The minimum Gasteiger partial charge on any atom is -0.368 e. The molecule has 0 aliphatic rings. The number of pyridine rings is 1. The number of nitrogens with zero attached hydrogens (tertiary/aromatic N) is 1. The molecule has 2 amide bonds. The molecule has 6 nitrogen and oxygen atoms in total. The fraction of sp³-hybridized carbons (Fsp3) is 0.227. The van der Waals surface area contributed by atoms with Gasteiger partial charge in [-0.2, -0.15) is 13.2 Å². The topological polar surface area (TPSA) is 94.2 Å². The van der Waals surface area contributed by atoms with Gasteiger partial charge in [0, 0.05) is 28.2 Å². The van der Waals surface area contributed by atoms with Crippen molar-refractivity contribution < 1.29 is 27.2 Å². The van der Waals surface area contributed by atoms with E-state index in [0.717, 1.165) is 16.7 Å². The molecule has 3 aromatic rings. The highest BCUT2D eigenvalue weighted by atomic mass is 19.4. The van der Waals surface area contributed by atoms with Gasteiger partial charge in [-0.1, -0.05) is 18.2 Å². The third kappa shape index (κ3) is 4.20. The molecule has 3 rings (SSSR count). The summed E-state index contributed by atoms with van der Waals surface area (Å²) in [5, 5.41) is 3.07. The molecule has 0 radical (unpaired) electrons. The fourth-order valence-electron chi connectivity index (χ4n) is 3.33. The monoisotopic (exact) mass is 449 g/mol. The van der Waals surface area contributed by atoms with Gasteiger partial charge in [-0.3, -0.25) is 14.4 Å². The zero-order valence-electron chi connectivity index (χ0n) is 17.0. The number of primary amides is 1. The van der Waals surface area contributed by atoms with Crippen LogP contribution in [0.3, 0.4) is 0 Å². The molecule has 3 N–H and O–H groups in total. The van der Waals surface area contributed by atoms with Gasteiger partial charge in [0.25, 0.3) is 5.56 Å². The highest BCUT2D eigenvalue weighted by Crippen LogP contribution is 2.34. The zero-order valence-corrected chi connectivity index (χ0v) is 17.0. The molecule has 1 aromatic heterocycles. The number of halogens is 4. The van der Waals surface area contributed by atoms with Crippen LogP contribution in [0.25, 0.3) is 10.8 Å². The summed E-state index contributed by atoms with van der Waals surface area (Å²) in [6, 6.07) is 7.84. The van der Waals surface area contributed by atoms with Crippen LogP contribution in [0, 0.1) is 5.82 Å². The van der Waals surface area contributed by atoms with E-state index >= 15 is 0 Å². The minimum atomic E-state index is -4.89. The van der Waals surface area contributed by atoms with Gasteiger partial charge in [-0.25, -0.2) is 4.39 Å². The molecule has 0 aliphatic carbocycles. The molecule has 0 bridgehead atoms. The number of alkyl halides is 3. The maximum absolute atomic E-state index is 14.4. The van der Waals surface area contributed by atoms with Crippen LogP contribution >= 0.6 is 0 Å². The SMILES string of the molecule is CC(C(=O)Nc1cccc2c(=O)n([C@@H](C)C(N)=O)ccc12)c1cccc(C(F)(F)F)c1F. The summed E-state index contributed by atoms with van der Waals surface area (Å²) in [5.41, 5.74) is 3.10. The second-order valence-electron chi connectivity index (χ2n) is 7.29. The third-order valence-electron chi connectivity index (χ3n) is 5.25. The number of carbonyl (C=O) groups excluding carboxylic acids is 2. The van der Waals surface area contributed by atoms with Crippen LogP contribution in [0.2, 0.25) is 0 Å². The van der Waals surface area contributed by atoms with Crippen LogP contribution in [0.5, 0.6) is 0 Å². The van der Waals surface area contributed by atoms with Crippen molar-refractivity contribution in [3.8, 4) is 0 Å². The van der Waals surface area contributed by atoms with Crippen molar-refractivity contribution in [3.63, 3.8) is 0 Å². The number of fused-ring (bicyclic) bond motifs is 1. The summed E-state index contributed by atoms with van der Waals surface area (Å²) in [5.74, 6) is -4.22. The summed E-state index contributed by atoms with van der Waals surface area (Å²) < 4.78 is 54.5. The van der Waals surface area contributed by atoms with E-state index in [2.05, 4.69) is 5.32 Å². The Hall–Kier alpha value is -3.69. The van der Waals surface area contributed by atoms with Crippen molar-refractivity contribution in [1.82, 2.24) is 4.57 Å². The van der Waals surface area contributed by atoms with Gasteiger partial charge in [-0.05, 0) is 38.1 Å². The molecular formula is C22H19F4N3O3. The first kappa shape index (κ1) is 23.0. The van der Waals surface area contributed by atoms with Gasteiger partial charge >= 0.3 is 6.18 Å². The number of rotatable bonds is 5. The van der Waals surface area contributed by atoms with Gasteiger partial charge in [0.05, 0.1) is 11.5 Å². The van der Waals surface area contributed by atoms with Gasteiger partial charge in [0.1, 0.15) is 11.9 Å². The summed E-state index contributed by atoms with van der Waals surface area (Å²) >= 11 is 0. The number of nitrogens with one attached hydrogen (secondary N) is 1. The second-order valence-corrected chi connectivity index (χ2v) is 7.29. The molecular weight excluding hydrogens is 430 g/mol. The standard InChI is InChI=1S/C22H19F4N3O3/c1-11(13-5-3-7-16(18(13)23)22(24,25)26)20(31)28-17-8-4-6-15-14(17)9-10-29(21(15)32)12(2)19(27)30/h3-12H,1-2H3,(H2,27,30)(H,28,31)/t11?,12-/m0/s1. The van der Waals surface area contributed by atoms with Crippen LogP contribution in [0.15, 0.2) is 53.5 Å². The Morgan fingerprint density at radius 2 is 1.69 bits per heavy atom. The van der Waals surface area contributed by atoms with Crippen molar-refractivity contribution >= 4 is 28.3 Å². The average Bonchev–Trinajstić information content (AvgIpc) is 2.72. The molecule has 2 aromatic carbocycles. The van der Waals surface area contributed by atoms with Crippen LogP contribution < -0.4 is 16.6 Å². The molecule has 168 valence electrons. The normalized spacial score (nSPS) is 13.6. The van der Waals surface area contributed by atoms with Crippen molar-refractivity contribution in [2.24, 2.45) is 5.73 Å². The van der Waals surface area contributed by atoms with E-state index in [-0.39, 0.29) is 11.1 Å². The number of aromatic nitrogens is 1. The summed E-state index contributed by atoms with van der Waals surface area (Å²) in [7, 11) is 0. The van der Waals surface area contributed by atoms with Crippen LogP contribution in [-0.2, 0) is 15.8 Å². The Morgan fingerprint density at radius 1 is 1.03 bits per heavy atom. The average molecular weight is 449 g/mol. The fourth-order valence-corrected chi connectivity index (χ4v) is 3.33. The van der Waals surface area contributed by atoms with Crippen molar-refractivity contribution in [2.45, 2.75) is 32.0 Å². The lowest BCUT2D eigenvalue weighted by molar-refractivity contribution is -0.140. The lowest BCUT2D eigenvalue weighted by Gasteiger charge is -2.17. The summed E-state index contributed by atoms with van der Waals surface area (Å²) in [4.78, 5) is 36.9. The number of carbonyl (C=O) groups is 2. The molecule has 0 spiro atoms. The highest BCUT2D eigenvalue weighted by Gasteiger charge is 2.36. The Bertz CT molecular complexity index is 1270. The van der Waals surface area contributed by atoms with E-state index < -0.39 is 52.5 Å². The van der Waals surface area contributed by atoms with Crippen LogP contribution in [0.1, 0.15) is 36.9 Å². The first-order valence-electron chi connectivity index (χ1n) is 9.53. The molecule has 2 atom stereocenters. The third-order valence-corrected chi connectivity index (χ3v) is 5.25. The largest absolute Gasteiger partial charge is 0.419 e. The molecule has 32 heavy (non-hydrogen) atoms. The molecule has 0 saturated carbocycles. The molecule has 0 saturated heterocycles. The first-order chi connectivity index (χ1) is 14.9. The van der Waals surface area contributed by atoms with E-state index in [0.29, 0.717) is 11.5 Å². The Morgan fingerprint density at radius 3 is 2.31 bits per heavy atom. The maximum Gasteiger partial charge on any atom is 0.419 e. The number of amides is 2. The zero-order chi connectivity index (χ0) is 23.8. The minimum absolute atomic E-state index is 0.191. The molecule has 10 heteroatoms. The quantitative estimate of drug-likeness (QED) is 0.578. The van der Waals surface area contributed by atoms with E-state index in [1.807, 2.05) is 0 Å². The Labute approximate surface area is 179 Å². The predicted octanol–water partition coefficient (Wildman–Crippen LogP) is 3.95. The number of nitrogens with two attached hydrogens (primary N) is 1. The number of hydrogen-bond acceptors (Lipinski definition) is 3. The molecule has 0 aliphatic heterocycles. The van der Waals surface area contributed by atoms with Gasteiger partial charge in [0.15, 0.2) is 0 Å². The summed E-state index contributed by atoms with van der Waals surface area (Å²) in [6.07, 6.45) is -3.54. The summed E-state index contributed by atoms with van der Waals surface area (Å²) in [6.45, 7) is 2.74. The van der Waals surface area contributed by atoms with Crippen molar-refractivity contribution in [2.75, 3.05) is 5.32 Å². The van der Waals surface area contributed by atoms with E-state index in [1.165, 1.54) is 44.3 Å². The maximum atomic E-state index is 14.4. The van der Waals surface area contributed by atoms with Gasteiger partial charge in [-0.15, -0.1) is 0 Å². The van der Waals surface area contributed by atoms with Crippen molar-refractivity contribution in [3.05, 3.63) is 76.0 Å². The van der Waals surface area contributed by atoms with Gasteiger partial charge in [0.2, 0.25) is 11.8 Å². The lowest BCUT2D eigenvalue weighted by Crippen LogP contribution is -2.31. The molecule has 0 fully saturated rings. The smallest absolute Gasteiger partial charge is 0.368 e. The lowest BCUT2D eigenvalue weighted by atomic mass is 9.96. The van der Waals surface area contributed by atoms with Crippen LogP contribution in [0.4, 0.5) is 23.2 Å². The second kappa shape index (κ2) is 8.45. The van der Waals surface area contributed by atoms with Gasteiger partial charge < -0.3 is 15.6 Å². The van der Waals surface area contributed by atoms with E-state index in [4.69, 9.17) is 5.73 Å². The molecule has 1 heterocycles. The first-order valence-corrected chi connectivity index (χ1v) is 9.53. The number of anilines is 1.